The molecule has 18 heavy (non-hydrogen) atoms. The van der Waals surface area contributed by atoms with E-state index in [-0.39, 0.29) is 6.10 Å². The summed E-state index contributed by atoms with van der Waals surface area (Å²) < 4.78 is 6.33. The molecular formula is C14H18BrClO2. The highest BCUT2D eigenvalue weighted by atomic mass is 79.9. The molecule has 0 heterocycles. The molecule has 0 radical (unpaired) electrons. The lowest BCUT2D eigenvalue weighted by molar-refractivity contribution is -0.0581. The van der Waals surface area contributed by atoms with Crippen molar-refractivity contribution in [3.8, 4) is 0 Å². The third kappa shape index (κ3) is 3.47. The van der Waals surface area contributed by atoms with Crippen molar-refractivity contribution >= 4 is 27.5 Å². The number of halogens is 2. The molecule has 0 spiro atoms. The third-order valence-electron chi connectivity index (χ3n) is 3.64. The highest BCUT2D eigenvalue weighted by Crippen LogP contribution is 2.34. The fourth-order valence-electron chi connectivity index (χ4n) is 2.67. The Morgan fingerprint density at radius 1 is 1.56 bits per heavy atom. The Morgan fingerprint density at radius 3 is 3.00 bits per heavy atom. The van der Waals surface area contributed by atoms with Gasteiger partial charge in [-0.1, -0.05) is 33.6 Å². The standard InChI is InChI=1S/C14H18BrClO2/c1-18-12-3-2-6-14(17,9-12)8-10-4-5-11(15)7-13(10)16/h4-5,7,12,17H,2-3,6,8-9H2,1H3. The Bertz CT molecular complexity index is 424. The summed E-state index contributed by atoms with van der Waals surface area (Å²) in [6, 6.07) is 5.80. The summed E-state index contributed by atoms with van der Waals surface area (Å²) in [4.78, 5) is 0. The van der Waals surface area contributed by atoms with E-state index in [4.69, 9.17) is 16.3 Å². The molecule has 2 nitrogen and oxygen atoms in total. The summed E-state index contributed by atoms with van der Waals surface area (Å²) in [5.74, 6) is 0. The highest BCUT2D eigenvalue weighted by Gasteiger charge is 2.34. The molecule has 1 fully saturated rings. The molecule has 100 valence electrons. The molecule has 0 bridgehead atoms. The number of aliphatic hydroxyl groups is 1. The smallest absolute Gasteiger partial charge is 0.0713 e. The first-order chi connectivity index (χ1) is 8.52. The lowest BCUT2D eigenvalue weighted by Gasteiger charge is -2.36. The number of methoxy groups -OCH3 is 1. The molecule has 1 aromatic carbocycles. The second kappa shape index (κ2) is 5.91. The summed E-state index contributed by atoms with van der Waals surface area (Å²) in [6.45, 7) is 0. The first-order valence-electron chi connectivity index (χ1n) is 6.21. The number of ether oxygens (including phenoxy) is 1. The van der Waals surface area contributed by atoms with Crippen LogP contribution in [0.2, 0.25) is 5.02 Å². The van der Waals surface area contributed by atoms with Gasteiger partial charge in [0.15, 0.2) is 0 Å². The van der Waals surface area contributed by atoms with E-state index in [2.05, 4.69) is 15.9 Å². The molecule has 0 amide bonds. The molecule has 2 atom stereocenters. The second-order valence-electron chi connectivity index (χ2n) is 5.09. The van der Waals surface area contributed by atoms with Crippen molar-refractivity contribution in [3.05, 3.63) is 33.3 Å². The van der Waals surface area contributed by atoms with E-state index < -0.39 is 5.60 Å². The zero-order chi connectivity index (χ0) is 13.2. The molecule has 0 saturated heterocycles. The van der Waals surface area contributed by atoms with E-state index >= 15 is 0 Å². The average molecular weight is 334 g/mol. The zero-order valence-corrected chi connectivity index (χ0v) is 12.8. The predicted octanol–water partition coefficient (Wildman–Crippen LogP) is 3.97. The summed E-state index contributed by atoms with van der Waals surface area (Å²) in [5, 5.41) is 11.4. The van der Waals surface area contributed by atoms with E-state index in [0.717, 1.165) is 29.3 Å². The van der Waals surface area contributed by atoms with Gasteiger partial charge in [0.2, 0.25) is 0 Å². The average Bonchev–Trinajstić information content (AvgIpc) is 2.33. The van der Waals surface area contributed by atoms with Crippen molar-refractivity contribution < 1.29 is 9.84 Å². The third-order valence-corrected chi connectivity index (χ3v) is 4.49. The lowest BCUT2D eigenvalue weighted by atomic mass is 9.79. The summed E-state index contributed by atoms with van der Waals surface area (Å²) >= 11 is 9.60. The Hall–Kier alpha value is -0.0900. The first kappa shape index (κ1) is 14.3. The van der Waals surface area contributed by atoms with Gasteiger partial charge < -0.3 is 9.84 Å². The van der Waals surface area contributed by atoms with Crippen LogP contribution in [0.15, 0.2) is 22.7 Å². The number of hydrogen-bond acceptors (Lipinski definition) is 2. The van der Waals surface area contributed by atoms with Gasteiger partial charge in [0, 0.05) is 29.4 Å². The van der Waals surface area contributed by atoms with Gasteiger partial charge in [-0.15, -0.1) is 0 Å². The SMILES string of the molecule is COC1CCCC(O)(Cc2ccc(Br)cc2Cl)C1. The Balaban J connectivity index is 2.11. The van der Waals surface area contributed by atoms with Crippen LogP contribution in [0.5, 0.6) is 0 Å². The minimum absolute atomic E-state index is 0.165. The summed E-state index contributed by atoms with van der Waals surface area (Å²) in [5.41, 5.74) is 0.315. The van der Waals surface area contributed by atoms with Gasteiger partial charge in [-0.3, -0.25) is 0 Å². The Morgan fingerprint density at radius 2 is 2.33 bits per heavy atom. The maximum absolute atomic E-state index is 10.7. The van der Waals surface area contributed by atoms with Crippen molar-refractivity contribution in [2.45, 2.75) is 43.8 Å². The molecule has 1 saturated carbocycles. The second-order valence-corrected chi connectivity index (χ2v) is 6.41. The van der Waals surface area contributed by atoms with Gasteiger partial charge >= 0.3 is 0 Å². The van der Waals surface area contributed by atoms with Crippen LogP contribution in [0, 0.1) is 0 Å². The molecule has 1 aliphatic carbocycles. The van der Waals surface area contributed by atoms with E-state index in [1.54, 1.807) is 7.11 Å². The summed E-state index contributed by atoms with van der Waals surface area (Å²) in [6.07, 6.45) is 4.31. The molecule has 2 rings (SSSR count). The van der Waals surface area contributed by atoms with Crippen LogP contribution in [0.25, 0.3) is 0 Å². The molecule has 1 aliphatic rings. The van der Waals surface area contributed by atoms with E-state index in [1.807, 2.05) is 18.2 Å². The molecule has 0 aliphatic heterocycles. The molecule has 1 N–H and O–H groups in total. The van der Waals surface area contributed by atoms with Crippen LogP contribution in [0.1, 0.15) is 31.2 Å². The van der Waals surface area contributed by atoms with Crippen LogP contribution < -0.4 is 0 Å². The van der Waals surface area contributed by atoms with Gasteiger partial charge in [-0.05, 0) is 37.0 Å². The zero-order valence-electron chi connectivity index (χ0n) is 10.5. The van der Waals surface area contributed by atoms with Gasteiger partial charge in [0.25, 0.3) is 0 Å². The molecule has 1 aromatic rings. The van der Waals surface area contributed by atoms with Gasteiger partial charge in [0.1, 0.15) is 0 Å². The van der Waals surface area contributed by atoms with Crippen molar-refractivity contribution in [1.29, 1.82) is 0 Å². The molecule has 2 unspecified atom stereocenters. The summed E-state index contributed by atoms with van der Waals surface area (Å²) in [7, 11) is 1.71. The fraction of sp³-hybridized carbons (Fsp3) is 0.571. The number of benzene rings is 1. The number of hydrogen-bond donors (Lipinski definition) is 1. The van der Waals surface area contributed by atoms with Crippen LogP contribution in [-0.2, 0) is 11.2 Å². The van der Waals surface area contributed by atoms with Crippen LogP contribution in [0.3, 0.4) is 0 Å². The lowest BCUT2D eigenvalue weighted by Crippen LogP contribution is -2.40. The minimum atomic E-state index is -0.684. The normalized spacial score (nSPS) is 28.3. The Kier molecular flexibility index (Phi) is 4.70. The topological polar surface area (TPSA) is 29.5 Å². The monoisotopic (exact) mass is 332 g/mol. The van der Waals surface area contributed by atoms with Gasteiger partial charge in [-0.2, -0.15) is 0 Å². The predicted molar refractivity (Wildman–Crippen MR) is 77.1 cm³/mol. The molecular weight excluding hydrogens is 316 g/mol. The van der Waals surface area contributed by atoms with E-state index in [0.29, 0.717) is 17.9 Å². The number of rotatable bonds is 3. The minimum Gasteiger partial charge on any atom is -0.389 e. The van der Waals surface area contributed by atoms with Crippen molar-refractivity contribution in [1.82, 2.24) is 0 Å². The quantitative estimate of drug-likeness (QED) is 0.907. The highest BCUT2D eigenvalue weighted by molar-refractivity contribution is 9.10. The van der Waals surface area contributed by atoms with Crippen LogP contribution in [0.4, 0.5) is 0 Å². The molecule has 4 heteroatoms. The maximum atomic E-state index is 10.7. The molecule has 0 aromatic heterocycles. The van der Waals surface area contributed by atoms with Crippen molar-refractivity contribution in [3.63, 3.8) is 0 Å². The van der Waals surface area contributed by atoms with Crippen LogP contribution in [-0.4, -0.2) is 23.9 Å². The van der Waals surface area contributed by atoms with Crippen molar-refractivity contribution in [2.24, 2.45) is 0 Å². The van der Waals surface area contributed by atoms with E-state index in [1.165, 1.54) is 0 Å². The van der Waals surface area contributed by atoms with Crippen molar-refractivity contribution in [2.75, 3.05) is 7.11 Å². The largest absolute Gasteiger partial charge is 0.389 e. The fourth-order valence-corrected chi connectivity index (χ4v) is 3.41. The Labute approximate surface area is 121 Å². The maximum Gasteiger partial charge on any atom is 0.0713 e. The van der Waals surface area contributed by atoms with Crippen LogP contribution >= 0.6 is 27.5 Å². The van der Waals surface area contributed by atoms with Gasteiger partial charge in [0.05, 0.1) is 11.7 Å². The van der Waals surface area contributed by atoms with Gasteiger partial charge in [-0.25, -0.2) is 0 Å². The first-order valence-corrected chi connectivity index (χ1v) is 7.39. The van der Waals surface area contributed by atoms with E-state index in [9.17, 15) is 5.11 Å².